The molecule has 0 aliphatic carbocycles. The highest BCUT2D eigenvalue weighted by molar-refractivity contribution is 6.30. The lowest BCUT2D eigenvalue weighted by Gasteiger charge is -2.12. The molecule has 0 spiro atoms. The van der Waals surface area contributed by atoms with Crippen LogP contribution in [-0.4, -0.2) is 18.0 Å². The van der Waals surface area contributed by atoms with Crippen LogP contribution in [0, 0.1) is 12.7 Å². The van der Waals surface area contributed by atoms with E-state index in [1.807, 2.05) is 31.2 Å². The van der Waals surface area contributed by atoms with Crippen molar-refractivity contribution in [2.24, 2.45) is 0 Å². The minimum absolute atomic E-state index is 0.0376. The summed E-state index contributed by atoms with van der Waals surface area (Å²) in [5, 5.41) is 2.67. The fourth-order valence-corrected chi connectivity index (χ4v) is 2.28. The van der Waals surface area contributed by atoms with Crippen LogP contribution in [0.2, 0.25) is 5.02 Å². The van der Waals surface area contributed by atoms with E-state index in [1.165, 1.54) is 31.2 Å². The van der Waals surface area contributed by atoms with Gasteiger partial charge in [-0.15, -0.1) is 0 Å². The first-order valence-corrected chi connectivity index (χ1v) is 8.40. The van der Waals surface area contributed by atoms with Gasteiger partial charge < -0.3 is 10.1 Å². The first kappa shape index (κ1) is 19.7. The van der Waals surface area contributed by atoms with E-state index in [-0.39, 0.29) is 5.02 Å². The number of carbonyl (C=O) groups is 2. The number of nitrogens with one attached hydrogen (secondary N) is 1. The summed E-state index contributed by atoms with van der Waals surface area (Å²) in [6, 6.07) is 11.8. The molecule has 4 nitrogen and oxygen atoms in total. The van der Waals surface area contributed by atoms with Gasteiger partial charge in [-0.25, -0.2) is 9.18 Å². The average Bonchev–Trinajstić information content (AvgIpc) is 2.62. The summed E-state index contributed by atoms with van der Waals surface area (Å²) in [5.74, 6) is -1.61. The average molecular weight is 376 g/mol. The molecule has 0 heterocycles. The summed E-state index contributed by atoms with van der Waals surface area (Å²) in [6.45, 7) is 3.83. The van der Waals surface area contributed by atoms with E-state index >= 15 is 0 Å². The molecule has 0 saturated heterocycles. The molecule has 0 radical (unpaired) electrons. The van der Waals surface area contributed by atoms with Gasteiger partial charge in [-0.3, -0.25) is 4.79 Å². The summed E-state index contributed by atoms with van der Waals surface area (Å²) in [7, 11) is 0. The smallest absolute Gasteiger partial charge is 0.331 e. The van der Waals surface area contributed by atoms with Gasteiger partial charge in [0.1, 0.15) is 5.82 Å². The Hall–Kier alpha value is -2.66. The van der Waals surface area contributed by atoms with Crippen LogP contribution in [-0.2, 0) is 20.9 Å². The zero-order valence-corrected chi connectivity index (χ0v) is 15.2. The topological polar surface area (TPSA) is 55.4 Å². The van der Waals surface area contributed by atoms with E-state index in [2.05, 4.69) is 5.32 Å². The molecule has 0 aliphatic heterocycles. The molecule has 0 saturated carbocycles. The first-order chi connectivity index (χ1) is 12.3. The van der Waals surface area contributed by atoms with Gasteiger partial charge in [0.25, 0.3) is 5.91 Å². The number of hydrogen-bond acceptors (Lipinski definition) is 3. The molecule has 1 atom stereocenters. The van der Waals surface area contributed by atoms with E-state index in [4.69, 9.17) is 16.3 Å². The second-order valence-electron chi connectivity index (χ2n) is 5.79. The number of ether oxygens (including phenoxy) is 1. The van der Waals surface area contributed by atoms with Gasteiger partial charge in [-0.2, -0.15) is 0 Å². The fourth-order valence-electron chi connectivity index (χ4n) is 2.09. The van der Waals surface area contributed by atoms with Crippen molar-refractivity contribution in [2.45, 2.75) is 26.5 Å². The Morgan fingerprint density at radius 2 is 1.92 bits per heavy atom. The molecule has 6 heteroatoms. The number of carbonyl (C=O) groups excluding carboxylic acids is 2. The van der Waals surface area contributed by atoms with Gasteiger partial charge in [0.15, 0.2) is 6.10 Å². The maximum atomic E-state index is 13.1. The molecule has 0 aliphatic rings. The van der Waals surface area contributed by atoms with Crippen molar-refractivity contribution in [1.82, 2.24) is 5.32 Å². The van der Waals surface area contributed by atoms with Crippen molar-refractivity contribution in [2.75, 3.05) is 0 Å². The number of esters is 1. The molecule has 0 unspecified atom stereocenters. The van der Waals surface area contributed by atoms with Crippen LogP contribution in [0.1, 0.15) is 23.6 Å². The van der Waals surface area contributed by atoms with Crippen molar-refractivity contribution in [3.63, 3.8) is 0 Å². The molecular weight excluding hydrogens is 357 g/mol. The fraction of sp³-hybridized carbons (Fsp3) is 0.200. The van der Waals surface area contributed by atoms with Crippen LogP contribution >= 0.6 is 11.6 Å². The third-order valence-electron chi connectivity index (χ3n) is 3.61. The van der Waals surface area contributed by atoms with E-state index in [9.17, 15) is 14.0 Å². The van der Waals surface area contributed by atoms with Gasteiger partial charge in [-0.05, 0) is 43.2 Å². The van der Waals surface area contributed by atoms with Crippen LogP contribution in [0.3, 0.4) is 0 Å². The highest BCUT2D eigenvalue weighted by Crippen LogP contribution is 2.16. The van der Waals surface area contributed by atoms with Crippen LogP contribution in [0.15, 0.2) is 48.5 Å². The summed E-state index contributed by atoms with van der Waals surface area (Å²) in [4.78, 5) is 23.8. The summed E-state index contributed by atoms with van der Waals surface area (Å²) >= 11 is 5.67. The Bertz CT molecular complexity index is 818. The third-order valence-corrected chi connectivity index (χ3v) is 3.89. The molecule has 0 bridgehead atoms. The van der Waals surface area contributed by atoms with Gasteiger partial charge in [0.05, 0.1) is 5.02 Å². The number of halogens is 2. The zero-order chi connectivity index (χ0) is 19.1. The highest BCUT2D eigenvalue weighted by Gasteiger charge is 2.16. The minimum atomic E-state index is -0.936. The Morgan fingerprint density at radius 1 is 1.23 bits per heavy atom. The van der Waals surface area contributed by atoms with E-state index in [1.54, 1.807) is 0 Å². The van der Waals surface area contributed by atoms with E-state index in [0.29, 0.717) is 12.1 Å². The van der Waals surface area contributed by atoms with Crippen molar-refractivity contribution in [3.05, 3.63) is 76.1 Å². The van der Waals surface area contributed by atoms with Crippen molar-refractivity contribution < 1.29 is 18.7 Å². The van der Waals surface area contributed by atoms with E-state index < -0.39 is 23.8 Å². The molecule has 2 rings (SSSR count). The predicted octanol–water partition coefficient (Wildman–Crippen LogP) is 4.05. The molecule has 26 heavy (non-hydrogen) atoms. The van der Waals surface area contributed by atoms with Gasteiger partial charge >= 0.3 is 5.97 Å². The van der Waals surface area contributed by atoms with Crippen LogP contribution in [0.5, 0.6) is 0 Å². The number of benzene rings is 2. The Kier molecular flexibility index (Phi) is 6.92. The quantitative estimate of drug-likeness (QED) is 0.612. The lowest BCUT2D eigenvalue weighted by molar-refractivity contribution is -0.150. The zero-order valence-electron chi connectivity index (χ0n) is 14.5. The second-order valence-corrected chi connectivity index (χ2v) is 6.20. The molecule has 2 aromatic rings. The number of hydrogen-bond donors (Lipinski definition) is 1. The Morgan fingerprint density at radius 3 is 2.58 bits per heavy atom. The number of amides is 1. The third kappa shape index (κ3) is 6.01. The molecule has 1 amide bonds. The van der Waals surface area contributed by atoms with Gasteiger partial charge in [-0.1, -0.05) is 47.5 Å². The lowest BCUT2D eigenvalue weighted by atomic mass is 10.1. The van der Waals surface area contributed by atoms with Gasteiger partial charge in [0.2, 0.25) is 0 Å². The maximum Gasteiger partial charge on any atom is 0.331 e. The summed E-state index contributed by atoms with van der Waals surface area (Å²) < 4.78 is 18.1. The Labute approximate surface area is 156 Å². The molecule has 1 N–H and O–H groups in total. The van der Waals surface area contributed by atoms with E-state index in [0.717, 1.165) is 17.2 Å². The standard InChI is InChI=1S/C20H19ClFNO3/c1-13-3-5-16(6-4-13)12-23-20(25)14(2)26-19(24)10-8-15-7-9-18(22)17(21)11-15/h3-11,14H,12H2,1-2H3,(H,23,25)/b10-8+/t14-/m1/s1. The van der Waals surface area contributed by atoms with Crippen LogP contribution in [0.4, 0.5) is 4.39 Å². The van der Waals surface area contributed by atoms with Gasteiger partial charge in [0, 0.05) is 12.6 Å². The summed E-state index contributed by atoms with van der Waals surface area (Å²) in [6.07, 6.45) is 1.66. The Balaban J connectivity index is 1.83. The maximum absolute atomic E-state index is 13.1. The lowest BCUT2D eigenvalue weighted by Crippen LogP contribution is -2.35. The van der Waals surface area contributed by atoms with Crippen molar-refractivity contribution >= 4 is 29.6 Å². The second kappa shape index (κ2) is 9.15. The predicted molar refractivity (Wildman–Crippen MR) is 99.0 cm³/mol. The molecule has 0 fully saturated rings. The number of rotatable bonds is 6. The highest BCUT2D eigenvalue weighted by atomic mass is 35.5. The minimum Gasteiger partial charge on any atom is -0.449 e. The first-order valence-electron chi connectivity index (χ1n) is 8.02. The SMILES string of the molecule is Cc1ccc(CNC(=O)[C@@H](C)OC(=O)/C=C/c2ccc(F)c(Cl)c2)cc1. The molecular formula is C20H19ClFNO3. The summed E-state index contributed by atoms with van der Waals surface area (Å²) in [5.41, 5.74) is 2.64. The van der Waals surface area contributed by atoms with Crippen LogP contribution in [0.25, 0.3) is 6.08 Å². The molecule has 0 aromatic heterocycles. The number of aryl methyl sites for hydroxylation is 1. The normalized spacial score (nSPS) is 12.0. The molecule has 136 valence electrons. The molecule has 2 aromatic carbocycles. The largest absolute Gasteiger partial charge is 0.449 e. The van der Waals surface area contributed by atoms with Crippen molar-refractivity contribution in [3.8, 4) is 0 Å². The van der Waals surface area contributed by atoms with Crippen LogP contribution < -0.4 is 5.32 Å². The van der Waals surface area contributed by atoms with Crippen molar-refractivity contribution in [1.29, 1.82) is 0 Å². The monoisotopic (exact) mass is 375 g/mol.